The van der Waals surface area contributed by atoms with E-state index < -0.39 is 0 Å². The topological polar surface area (TPSA) is 35.5 Å². The van der Waals surface area contributed by atoms with E-state index in [2.05, 4.69) is 31.1 Å². The number of nitrogens with zero attached hydrogens (tertiary/aromatic N) is 1. The largest absolute Gasteiger partial charge is 0.393 e. The van der Waals surface area contributed by atoms with Crippen molar-refractivity contribution in [2.45, 2.75) is 70.6 Å². The van der Waals surface area contributed by atoms with E-state index in [-0.39, 0.29) is 6.10 Å². The van der Waals surface area contributed by atoms with Crippen LogP contribution in [0.25, 0.3) is 0 Å². The molecule has 3 heteroatoms. The SMILES string of the molecule is CC(C)N(C)CCCCNC1CCC(O)CC1. The van der Waals surface area contributed by atoms with Crippen LogP contribution in [0.1, 0.15) is 52.4 Å². The van der Waals surface area contributed by atoms with Crippen LogP contribution >= 0.6 is 0 Å². The fourth-order valence-electron chi connectivity index (χ4n) is 2.33. The molecule has 3 nitrogen and oxygen atoms in total. The highest BCUT2D eigenvalue weighted by atomic mass is 16.3. The van der Waals surface area contributed by atoms with E-state index >= 15 is 0 Å². The van der Waals surface area contributed by atoms with Crippen molar-refractivity contribution < 1.29 is 5.11 Å². The van der Waals surface area contributed by atoms with E-state index in [0.29, 0.717) is 12.1 Å². The summed E-state index contributed by atoms with van der Waals surface area (Å²) < 4.78 is 0. The fourth-order valence-corrected chi connectivity index (χ4v) is 2.33. The number of aliphatic hydroxyl groups is 1. The van der Waals surface area contributed by atoms with Gasteiger partial charge in [0.05, 0.1) is 6.10 Å². The predicted octanol–water partition coefficient (Wildman–Crippen LogP) is 2.00. The van der Waals surface area contributed by atoms with Gasteiger partial charge in [0.1, 0.15) is 0 Å². The summed E-state index contributed by atoms with van der Waals surface area (Å²) in [4.78, 5) is 2.40. The summed E-state index contributed by atoms with van der Waals surface area (Å²) in [6, 6.07) is 1.31. The Labute approximate surface area is 107 Å². The zero-order valence-electron chi connectivity index (χ0n) is 11.8. The lowest BCUT2D eigenvalue weighted by Crippen LogP contribution is -2.35. The second-order valence-electron chi connectivity index (χ2n) is 5.74. The molecular weight excluding hydrogens is 212 g/mol. The highest BCUT2D eigenvalue weighted by Crippen LogP contribution is 2.18. The van der Waals surface area contributed by atoms with Crippen molar-refractivity contribution in [3.05, 3.63) is 0 Å². The summed E-state index contributed by atoms with van der Waals surface area (Å²) in [5, 5.41) is 13.0. The van der Waals surface area contributed by atoms with Gasteiger partial charge in [0.25, 0.3) is 0 Å². The molecule has 2 N–H and O–H groups in total. The standard InChI is InChI=1S/C14H30N2O/c1-12(2)16(3)11-5-4-10-15-13-6-8-14(17)9-7-13/h12-15,17H,4-11H2,1-3H3. The van der Waals surface area contributed by atoms with Crippen LogP contribution in [-0.4, -0.2) is 48.3 Å². The third kappa shape index (κ3) is 6.39. The lowest BCUT2D eigenvalue weighted by molar-refractivity contribution is 0.116. The molecule has 0 amide bonds. The third-order valence-electron chi connectivity index (χ3n) is 3.95. The second-order valence-corrected chi connectivity index (χ2v) is 5.74. The van der Waals surface area contributed by atoms with E-state index in [9.17, 15) is 5.11 Å². The molecule has 0 saturated heterocycles. The molecule has 102 valence electrons. The zero-order valence-corrected chi connectivity index (χ0v) is 11.8. The van der Waals surface area contributed by atoms with E-state index in [1.165, 1.54) is 19.4 Å². The quantitative estimate of drug-likeness (QED) is 0.670. The first-order valence-corrected chi connectivity index (χ1v) is 7.21. The van der Waals surface area contributed by atoms with Gasteiger partial charge < -0.3 is 15.3 Å². The normalized spacial score (nSPS) is 25.8. The molecule has 0 aromatic rings. The first kappa shape index (κ1) is 14.9. The Balaban J connectivity index is 1.94. The van der Waals surface area contributed by atoms with Crippen molar-refractivity contribution in [3.8, 4) is 0 Å². The lowest BCUT2D eigenvalue weighted by atomic mass is 9.93. The monoisotopic (exact) mass is 242 g/mol. The number of unbranched alkanes of at least 4 members (excludes halogenated alkanes) is 1. The number of nitrogens with one attached hydrogen (secondary N) is 1. The lowest BCUT2D eigenvalue weighted by Gasteiger charge is -2.26. The van der Waals surface area contributed by atoms with Gasteiger partial charge in [-0.05, 0) is 72.5 Å². The van der Waals surface area contributed by atoms with Gasteiger partial charge in [-0.15, -0.1) is 0 Å². The highest BCUT2D eigenvalue weighted by molar-refractivity contribution is 4.76. The Kier molecular flexibility index (Phi) is 7.09. The van der Waals surface area contributed by atoms with Crippen molar-refractivity contribution in [1.29, 1.82) is 0 Å². The first-order chi connectivity index (χ1) is 8.09. The van der Waals surface area contributed by atoms with Crippen molar-refractivity contribution >= 4 is 0 Å². The maximum atomic E-state index is 9.42. The molecule has 17 heavy (non-hydrogen) atoms. The van der Waals surface area contributed by atoms with Crippen LogP contribution in [0.15, 0.2) is 0 Å². The number of hydrogen-bond acceptors (Lipinski definition) is 3. The van der Waals surface area contributed by atoms with E-state index in [4.69, 9.17) is 0 Å². The minimum atomic E-state index is -0.0345. The van der Waals surface area contributed by atoms with Gasteiger partial charge in [0, 0.05) is 12.1 Å². The molecule has 0 heterocycles. The molecule has 1 fully saturated rings. The van der Waals surface area contributed by atoms with Gasteiger partial charge in [0.2, 0.25) is 0 Å². The predicted molar refractivity (Wildman–Crippen MR) is 73.3 cm³/mol. The Morgan fingerprint density at radius 1 is 1.18 bits per heavy atom. The molecule has 0 unspecified atom stereocenters. The van der Waals surface area contributed by atoms with Crippen molar-refractivity contribution in [3.63, 3.8) is 0 Å². The van der Waals surface area contributed by atoms with Crippen LogP contribution in [0.3, 0.4) is 0 Å². The number of hydrogen-bond donors (Lipinski definition) is 2. The molecule has 1 aliphatic carbocycles. The van der Waals surface area contributed by atoms with Crippen LogP contribution in [0.5, 0.6) is 0 Å². The highest BCUT2D eigenvalue weighted by Gasteiger charge is 2.18. The zero-order chi connectivity index (χ0) is 12.7. The fraction of sp³-hybridized carbons (Fsp3) is 1.00. The van der Waals surface area contributed by atoms with E-state index in [1.807, 2.05) is 0 Å². The van der Waals surface area contributed by atoms with Gasteiger partial charge in [-0.2, -0.15) is 0 Å². The van der Waals surface area contributed by atoms with Gasteiger partial charge in [-0.1, -0.05) is 0 Å². The van der Waals surface area contributed by atoms with Crippen LogP contribution in [0.4, 0.5) is 0 Å². The Morgan fingerprint density at radius 2 is 1.82 bits per heavy atom. The summed E-state index contributed by atoms with van der Waals surface area (Å²) in [6.45, 7) is 6.81. The van der Waals surface area contributed by atoms with Crippen LogP contribution in [0, 0.1) is 0 Å². The minimum absolute atomic E-state index is 0.0345. The summed E-state index contributed by atoms with van der Waals surface area (Å²) in [5.74, 6) is 0. The molecule has 0 spiro atoms. The maximum absolute atomic E-state index is 9.42. The van der Waals surface area contributed by atoms with Crippen LogP contribution in [-0.2, 0) is 0 Å². The van der Waals surface area contributed by atoms with E-state index in [0.717, 1.165) is 32.2 Å². The molecule has 0 bridgehead atoms. The van der Waals surface area contributed by atoms with Crippen molar-refractivity contribution in [1.82, 2.24) is 10.2 Å². The molecule has 0 aromatic heterocycles. The Hall–Kier alpha value is -0.120. The average molecular weight is 242 g/mol. The van der Waals surface area contributed by atoms with Crippen LogP contribution < -0.4 is 5.32 Å². The summed E-state index contributed by atoms with van der Waals surface area (Å²) in [7, 11) is 2.20. The number of aliphatic hydroxyl groups excluding tert-OH is 1. The van der Waals surface area contributed by atoms with Crippen LogP contribution in [0.2, 0.25) is 0 Å². The van der Waals surface area contributed by atoms with Gasteiger partial charge in [0.15, 0.2) is 0 Å². The second kappa shape index (κ2) is 8.06. The van der Waals surface area contributed by atoms with Gasteiger partial charge >= 0.3 is 0 Å². The Bertz CT molecular complexity index is 189. The van der Waals surface area contributed by atoms with E-state index in [1.54, 1.807) is 0 Å². The van der Waals surface area contributed by atoms with Gasteiger partial charge in [-0.3, -0.25) is 0 Å². The smallest absolute Gasteiger partial charge is 0.0541 e. The summed E-state index contributed by atoms with van der Waals surface area (Å²) in [6.07, 6.45) is 6.75. The van der Waals surface area contributed by atoms with Crippen molar-refractivity contribution in [2.75, 3.05) is 20.1 Å². The maximum Gasteiger partial charge on any atom is 0.0541 e. The van der Waals surface area contributed by atoms with Crippen molar-refractivity contribution in [2.24, 2.45) is 0 Å². The average Bonchev–Trinajstić information content (AvgIpc) is 2.30. The number of rotatable bonds is 7. The molecule has 1 aliphatic rings. The summed E-state index contributed by atoms with van der Waals surface area (Å²) >= 11 is 0. The van der Waals surface area contributed by atoms with Gasteiger partial charge in [-0.25, -0.2) is 0 Å². The third-order valence-corrected chi connectivity index (χ3v) is 3.95. The summed E-state index contributed by atoms with van der Waals surface area (Å²) in [5.41, 5.74) is 0. The molecule has 0 atom stereocenters. The first-order valence-electron chi connectivity index (χ1n) is 7.21. The molecule has 0 aromatic carbocycles. The molecule has 1 saturated carbocycles. The minimum Gasteiger partial charge on any atom is -0.393 e. The molecule has 0 radical (unpaired) electrons. The molecule has 1 rings (SSSR count). The molecule has 0 aliphatic heterocycles. The Morgan fingerprint density at radius 3 is 2.41 bits per heavy atom. The molecular formula is C14H30N2O.